The lowest BCUT2D eigenvalue weighted by Gasteiger charge is -2.08. The third-order valence-corrected chi connectivity index (χ3v) is 5.75. The molecule has 6 nitrogen and oxygen atoms in total. The van der Waals surface area contributed by atoms with Gasteiger partial charge in [0.1, 0.15) is 5.69 Å². The molecule has 148 valence electrons. The normalized spacial score (nSPS) is 17.6. The van der Waals surface area contributed by atoms with Crippen LogP contribution in [0.25, 0.3) is 22.4 Å². The SMILES string of the molecule is Cc1nnc(-c2c[nH]c(=O)[nH]c2=O)cc1C1CC1c1ccc(-c2ccccc2)cc1. The van der Waals surface area contributed by atoms with Crippen LogP contribution >= 0.6 is 0 Å². The lowest BCUT2D eigenvalue weighted by atomic mass is 9.99. The topological polar surface area (TPSA) is 91.5 Å². The van der Waals surface area contributed by atoms with Crippen LogP contribution in [0.3, 0.4) is 0 Å². The molecule has 2 N–H and O–H groups in total. The van der Waals surface area contributed by atoms with Gasteiger partial charge in [-0.2, -0.15) is 5.10 Å². The molecule has 2 aromatic carbocycles. The summed E-state index contributed by atoms with van der Waals surface area (Å²) >= 11 is 0. The van der Waals surface area contributed by atoms with Crippen molar-refractivity contribution < 1.29 is 0 Å². The van der Waals surface area contributed by atoms with Crippen LogP contribution < -0.4 is 11.2 Å². The molecule has 2 atom stereocenters. The molecular formula is C24H20N4O2. The van der Waals surface area contributed by atoms with Gasteiger partial charge in [-0.1, -0.05) is 54.6 Å². The first kappa shape index (κ1) is 18.2. The van der Waals surface area contributed by atoms with E-state index in [-0.39, 0.29) is 0 Å². The first-order valence-corrected chi connectivity index (χ1v) is 9.92. The molecule has 0 saturated heterocycles. The minimum Gasteiger partial charge on any atom is -0.313 e. The fourth-order valence-electron chi connectivity index (χ4n) is 4.03. The standard InChI is InChI=1S/C24H20N4O2/c1-14-18(12-22(28-27-14)21-13-25-24(30)26-23(21)29)20-11-19(20)17-9-7-16(8-10-17)15-5-3-2-4-6-15/h2-10,12-13,19-20H,11H2,1H3,(H2,25,26,29,30). The van der Waals surface area contributed by atoms with E-state index < -0.39 is 11.2 Å². The Morgan fingerprint density at radius 2 is 1.63 bits per heavy atom. The molecular weight excluding hydrogens is 376 g/mol. The molecule has 0 amide bonds. The maximum Gasteiger partial charge on any atom is 0.325 e. The zero-order chi connectivity index (χ0) is 20.7. The van der Waals surface area contributed by atoms with Crippen molar-refractivity contribution in [3.63, 3.8) is 0 Å². The molecule has 5 rings (SSSR count). The Bertz CT molecular complexity index is 1320. The molecule has 2 heterocycles. The van der Waals surface area contributed by atoms with Gasteiger partial charge in [0.25, 0.3) is 5.56 Å². The summed E-state index contributed by atoms with van der Waals surface area (Å²) in [4.78, 5) is 28.1. The zero-order valence-corrected chi connectivity index (χ0v) is 16.4. The fraction of sp³-hybridized carbons (Fsp3) is 0.167. The van der Waals surface area contributed by atoms with Crippen LogP contribution in [-0.4, -0.2) is 20.2 Å². The number of aromatic amines is 2. The van der Waals surface area contributed by atoms with Gasteiger partial charge in [-0.3, -0.25) is 9.78 Å². The lowest BCUT2D eigenvalue weighted by molar-refractivity contribution is 0.911. The minimum atomic E-state index is -0.537. The predicted octanol–water partition coefficient (Wildman–Crippen LogP) is 3.77. The van der Waals surface area contributed by atoms with E-state index in [9.17, 15) is 9.59 Å². The number of nitrogens with one attached hydrogen (secondary N) is 2. The summed E-state index contributed by atoms with van der Waals surface area (Å²) < 4.78 is 0. The van der Waals surface area contributed by atoms with Gasteiger partial charge in [-0.15, -0.1) is 5.10 Å². The van der Waals surface area contributed by atoms with Crippen molar-refractivity contribution in [2.24, 2.45) is 0 Å². The van der Waals surface area contributed by atoms with E-state index >= 15 is 0 Å². The van der Waals surface area contributed by atoms with Crippen molar-refractivity contribution in [1.29, 1.82) is 0 Å². The Hall–Kier alpha value is -3.80. The summed E-state index contributed by atoms with van der Waals surface area (Å²) in [7, 11) is 0. The summed E-state index contributed by atoms with van der Waals surface area (Å²) in [5, 5.41) is 8.43. The highest BCUT2D eigenvalue weighted by molar-refractivity contribution is 5.64. The van der Waals surface area contributed by atoms with E-state index in [1.165, 1.54) is 22.9 Å². The number of hydrogen-bond donors (Lipinski definition) is 2. The van der Waals surface area contributed by atoms with Crippen molar-refractivity contribution in [3.05, 3.63) is 105 Å². The third-order valence-electron chi connectivity index (χ3n) is 5.75. The van der Waals surface area contributed by atoms with Gasteiger partial charge < -0.3 is 4.98 Å². The van der Waals surface area contributed by atoms with Crippen molar-refractivity contribution in [1.82, 2.24) is 20.2 Å². The Morgan fingerprint density at radius 1 is 0.900 bits per heavy atom. The summed E-state index contributed by atoms with van der Waals surface area (Å²) in [6.07, 6.45) is 2.43. The number of H-pyrrole nitrogens is 2. The molecule has 1 aliphatic carbocycles. The molecule has 2 unspecified atom stereocenters. The van der Waals surface area contributed by atoms with Crippen LogP contribution in [0.2, 0.25) is 0 Å². The van der Waals surface area contributed by atoms with Crippen molar-refractivity contribution >= 4 is 0 Å². The smallest absolute Gasteiger partial charge is 0.313 e. The molecule has 0 aliphatic heterocycles. The number of aryl methyl sites for hydroxylation is 1. The number of rotatable bonds is 4. The molecule has 6 heteroatoms. The molecule has 0 spiro atoms. The fourth-order valence-corrected chi connectivity index (χ4v) is 4.03. The first-order chi connectivity index (χ1) is 14.6. The molecule has 0 radical (unpaired) electrons. The van der Waals surface area contributed by atoms with Crippen molar-refractivity contribution in [2.75, 3.05) is 0 Å². The number of benzene rings is 2. The van der Waals surface area contributed by atoms with Crippen LogP contribution in [0.5, 0.6) is 0 Å². The highest BCUT2D eigenvalue weighted by Gasteiger charge is 2.40. The Labute approximate surface area is 172 Å². The number of aromatic nitrogens is 4. The van der Waals surface area contributed by atoms with Crippen LogP contribution in [0.1, 0.15) is 35.1 Å². The molecule has 1 aliphatic rings. The Kier molecular flexibility index (Phi) is 4.39. The number of hydrogen-bond acceptors (Lipinski definition) is 4. The monoisotopic (exact) mass is 396 g/mol. The molecule has 1 saturated carbocycles. The molecule has 0 bridgehead atoms. The van der Waals surface area contributed by atoms with Gasteiger partial charge in [0.2, 0.25) is 0 Å². The Balaban J connectivity index is 1.41. The van der Waals surface area contributed by atoms with Gasteiger partial charge in [0.15, 0.2) is 0 Å². The minimum absolute atomic E-state index is 0.313. The summed E-state index contributed by atoms with van der Waals surface area (Å²) in [5.74, 6) is 0.781. The van der Waals surface area contributed by atoms with Gasteiger partial charge in [0, 0.05) is 6.20 Å². The second-order valence-corrected chi connectivity index (χ2v) is 7.69. The van der Waals surface area contributed by atoms with Gasteiger partial charge in [0.05, 0.1) is 11.3 Å². The van der Waals surface area contributed by atoms with Crippen LogP contribution in [-0.2, 0) is 0 Å². The highest BCUT2D eigenvalue weighted by Crippen LogP contribution is 2.55. The third kappa shape index (κ3) is 3.37. The summed E-state index contributed by atoms with van der Waals surface area (Å²) in [5.41, 5.74) is 5.47. The quantitative estimate of drug-likeness (QED) is 0.549. The van der Waals surface area contributed by atoms with E-state index in [2.05, 4.69) is 56.6 Å². The number of nitrogens with zero attached hydrogens (tertiary/aromatic N) is 2. The van der Waals surface area contributed by atoms with E-state index in [0.717, 1.165) is 17.7 Å². The maximum atomic E-state index is 12.1. The second-order valence-electron chi connectivity index (χ2n) is 7.69. The van der Waals surface area contributed by atoms with Gasteiger partial charge in [-0.25, -0.2) is 4.79 Å². The molecule has 4 aromatic rings. The average molecular weight is 396 g/mol. The van der Waals surface area contributed by atoms with E-state index in [4.69, 9.17) is 0 Å². The lowest BCUT2D eigenvalue weighted by Crippen LogP contribution is -2.23. The first-order valence-electron chi connectivity index (χ1n) is 9.92. The van der Waals surface area contributed by atoms with Crippen LogP contribution in [0.15, 0.2) is 76.4 Å². The van der Waals surface area contributed by atoms with Crippen molar-refractivity contribution in [2.45, 2.75) is 25.2 Å². The van der Waals surface area contributed by atoms with E-state index in [1.54, 1.807) is 0 Å². The molecule has 1 fully saturated rings. The average Bonchev–Trinajstić information content (AvgIpc) is 3.56. The highest BCUT2D eigenvalue weighted by atomic mass is 16.2. The maximum absolute atomic E-state index is 12.1. The molecule has 2 aromatic heterocycles. The molecule has 30 heavy (non-hydrogen) atoms. The van der Waals surface area contributed by atoms with E-state index in [1.807, 2.05) is 31.2 Å². The van der Waals surface area contributed by atoms with Crippen LogP contribution in [0, 0.1) is 6.92 Å². The largest absolute Gasteiger partial charge is 0.325 e. The predicted molar refractivity (Wildman–Crippen MR) is 115 cm³/mol. The second kappa shape index (κ2) is 7.22. The Morgan fingerprint density at radius 3 is 2.37 bits per heavy atom. The van der Waals surface area contributed by atoms with Crippen LogP contribution in [0.4, 0.5) is 0 Å². The van der Waals surface area contributed by atoms with Gasteiger partial charge >= 0.3 is 5.69 Å². The van der Waals surface area contributed by atoms with Gasteiger partial charge in [-0.05, 0) is 53.5 Å². The van der Waals surface area contributed by atoms with Crippen molar-refractivity contribution in [3.8, 4) is 22.4 Å². The summed E-state index contributed by atoms with van der Waals surface area (Å²) in [6, 6.07) is 21.0. The zero-order valence-electron chi connectivity index (χ0n) is 16.4. The van der Waals surface area contributed by atoms with E-state index in [0.29, 0.717) is 23.1 Å². The summed E-state index contributed by atoms with van der Waals surface area (Å²) in [6.45, 7) is 1.94.